The lowest BCUT2D eigenvalue weighted by molar-refractivity contribution is 0.123. The lowest BCUT2D eigenvalue weighted by atomic mass is 10.4. The van der Waals surface area contributed by atoms with Crippen molar-refractivity contribution in [3.63, 3.8) is 0 Å². The van der Waals surface area contributed by atoms with E-state index in [1.165, 1.54) is 14.1 Å². The number of aromatic nitrogens is 1. The van der Waals surface area contributed by atoms with E-state index in [2.05, 4.69) is 4.37 Å². The molecule has 0 saturated carbocycles. The molecule has 0 spiro atoms. The second-order valence-corrected chi connectivity index (χ2v) is 6.93. The average molecular weight is 292 g/mol. The number of nitrogen functional groups attached to an aromatic ring is 1. The van der Waals surface area contributed by atoms with Gasteiger partial charge in [-0.2, -0.15) is 4.37 Å². The number of nitrogens with zero attached hydrogens (tertiary/aromatic N) is 3. The molecule has 1 aromatic heterocycles. The van der Waals surface area contributed by atoms with E-state index in [1.54, 1.807) is 0 Å². The van der Waals surface area contributed by atoms with Crippen LogP contribution in [0.1, 0.15) is 0 Å². The molecule has 18 heavy (non-hydrogen) atoms. The van der Waals surface area contributed by atoms with Crippen molar-refractivity contribution in [2.45, 2.75) is 4.90 Å². The van der Waals surface area contributed by atoms with Crippen LogP contribution in [-0.2, 0) is 14.8 Å². The van der Waals surface area contributed by atoms with Crippen molar-refractivity contribution in [2.75, 3.05) is 51.0 Å². The summed E-state index contributed by atoms with van der Waals surface area (Å²) in [7, 11) is -0.607. The molecule has 9 heteroatoms. The molecule has 1 fully saturated rings. The standard InChI is InChI=1S/C9H16N4O3S2/c1-12(2)18(14,15)7-8(10)11-17-9(7)13-3-5-16-6-4-13/h3-6H2,1-2H3,(H2,10,11). The lowest BCUT2D eigenvalue weighted by Gasteiger charge is -2.28. The Bertz CT molecular complexity index is 520. The van der Waals surface area contributed by atoms with Crippen LogP contribution in [0.3, 0.4) is 0 Å². The van der Waals surface area contributed by atoms with E-state index in [0.29, 0.717) is 31.3 Å². The third kappa shape index (κ3) is 2.30. The molecule has 0 amide bonds. The minimum absolute atomic E-state index is 0.0650. The number of morpholine rings is 1. The second kappa shape index (κ2) is 5.00. The fourth-order valence-electron chi connectivity index (χ4n) is 1.68. The van der Waals surface area contributed by atoms with Gasteiger partial charge in [0, 0.05) is 27.2 Å². The molecule has 7 nitrogen and oxygen atoms in total. The van der Waals surface area contributed by atoms with E-state index in [0.717, 1.165) is 15.8 Å². The number of anilines is 2. The van der Waals surface area contributed by atoms with E-state index in [4.69, 9.17) is 10.5 Å². The van der Waals surface area contributed by atoms with Crippen molar-refractivity contribution in [3.05, 3.63) is 0 Å². The van der Waals surface area contributed by atoms with Crippen LogP contribution in [0.4, 0.5) is 10.8 Å². The largest absolute Gasteiger partial charge is 0.382 e. The van der Waals surface area contributed by atoms with Crippen LogP contribution in [0.5, 0.6) is 0 Å². The summed E-state index contributed by atoms with van der Waals surface area (Å²) in [4.78, 5) is 2.06. The Labute approximate surface area is 110 Å². The van der Waals surface area contributed by atoms with Crippen LogP contribution in [0.15, 0.2) is 4.90 Å². The summed E-state index contributed by atoms with van der Waals surface area (Å²) in [6.07, 6.45) is 0. The highest BCUT2D eigenvalue weighted by Crippen LogP contribution is 2.36. The van der Waals surface area contributed by atoms with Crippen LogP contribution in [0.25, 0.3) is 0 Å². The van der Waals surface area contributed by atoms with Gasteiger partial charge in [0.2, 0.25) is 10.0 Å². The molecule has 2 rings (SSSR count). The Morgan fingerprint density at radius 2 is 2.00 bits per heavy atom. The third-order valence-electron chi connectivity index (χ3n) is 2.69. The lowest BCUT2D eigenvalue weighted by Crippen LogP contribution is -2.37. The van der Waals surface area contributed by atoms with E-state index < -0.39 is 10.0 Å². The SMILES string of the molecule is CN(C)S(=O)(=O)c1c(N)nsc1N1CCOCC1. The van der Waals surface area contributed by atoms with Gasteiger partial charge in [-0.3, -0.25) is 0 Å². The van der Waals surface area contributed by atoms with E-state index in [9.17, 15) is 8.42 Å². The molecule has 1 aromatic rings. The third-order valence-corrected chi connectivity index (χ3v) is 5.63. The maximum Gasteiger partial charge on any atom is 0.249 e. The number of hydrogen-bond donors (Lipinski definition) is 1. The first-order valence-electron chi connectivity index (χ1n) is 5.45. The summed E-state index contributed by atoms with van der Waals surface area (Å²) in [5, 5.41) is 0.601. The highest BCUT2D eigenvalue weighted by molar-refractivity contribution is 7.89. The zero-order chi connectivity index (χ0) is 13.3. The normalized spacial score (nSPS) is 17.4. The molecule has 0 aliphatic carbocycles. The number of hydrogen-bond acceptors (Lipinski definition) is 7. The van der Waals surface area contributed by atoms with Gasteiger partial charge in [0.25, 0.3) is 0 Å². The first-order chi connectivity index (χ1) is 8.44. The first kappa shape index (κ1) is 13.5. The van der Waals surface area contributed by atoms with Gasteiger partial charge in [0.1, 0.15) is 5.00 Å². The van der Waals surface area contributed by atoms with Crippen molar-refractivity contribution in [3.8, 4) is 0 Å². The second-order valence-electron chi connectivity index (χ2n) is 4.09. The molecule has 102 valence electrons. The van der Waals surface area contributed by atoms with Crippen LogP contribution in [0, 0.1) is 0 Å². The van der Waals surface area contributed by atoms with Gasteiger partial charge >= 0.3 is 0 Å². The maximum absolute atomic E-state index is 12.2. The van der Waals surface area contributed by atoms with Crippen LogP contribution < -0.4 is 10.6 Å². The van der Waals surface area contributed by atoms with Gasteiger partial charge in [0.05, 0.1) is 13.2 Å². The zero-order valence-corrected chi connectivity index (χ0v) is 11.9. The quantitative estimate of drug-likeness (QED) is 0.831. The Kier molecular flexibility index (Phi) is 3.76. The number of nitrogens with two attached hydrogens (primary N) is 1. The van der Waals surface area contributed by atoms with Crippen molar-refractivity contribution < 1.29 is 13.2 Å². The molecule has 0 atom stereocenters. The number of ether oxygens (including phenoxy) is 1. The van der Waals surface area contributed by atoms with Crippen molar-refractivity contribution in [1.82, 2.24) is 8.68 Å². The molecular formula is C9H16N4O3S2. The van der Waals surface area contributed by atoms with Crippen LogP contribution in [-0.4, -0.2) is 57.5 Å². The Hall–Kier alpha value is -0.900. The Morgan fingerprint density at radius 3 is 2.56 bits per heavy atom. The van der Waals surface area contributed by atoms with Crippen LogP contribution >= 0.6 is 11.5 Å². The Balaban J connectivity index is 2.44. The minimum Gasteiger partial charge on any atom is -0.382 e. The highest BCUT2D eigenvalue weighted by atomic mass is 32.2. The van der Waals surface area contributed by atoms with E-state index in [-0.39, 0.29) is 10.7 Å². The van der Waals surface area contributed by atoms with Gasteiger partial charge in [-0.25, -0.2) is 12.7 Å². The van der Waals surface area contributed by atoms with Gasteiger partial charge in [-0.15, -0.1) is 0 Å². The Morgan fingerprint density at radius 1 is 1.39 bits per heavy atom. The minimum atomic E-state index is -3.57. The van der Waals surface area contributed by atoms with Gasteiger partial charge in [-0.05, 0) is 11.5 Å². The predicted molar refractivity (Wildman–Crippen MR) is 70.4 cm³/mol. The molecule has 0 radical (unpaired) electrons. The summed E-state index contributed by atoms with van der Waals surface area (Å²) in [5.41, 5.74) is 5.71. The summed E-state index contributed by atoms with van der Waals surface area (Å²) in [6, 6.07) is 0. The summed E-state index contributed by atoms with van der Waals surface area (Å²) >= 11 is 1.12. The molecule has 0 bridgehead atoms. The molecule has 1 aliphatic heterocycles. The zero-order valence-electron chi connectivity index (χ0n) is 10.3. The number of sulfonamides is 1. The smallest absolute Gasteiger partial charge is 0.249 e. The number of rotatable bonds is 3. The predicted octanol–water partition coefficient (Wildman–Crippen LogP) is -0.188. The summed E-state index contributed by atoms with van der Waals surface area (Å²) in [6.45, 7) is 2.47. The van der Waals surface area contributed by atoms with Crippen LogP contribution in [0.2, 0.25) is 0 Å². The van der Waals surface area contributed by atoms with Gasteiger partial charge < -0.3 is 15.4 Å². The molecular weight excluding hydrogens is 276 g/mol. The average Bonchev–Trinajstić information content (AvgIpc) is 2.72. The summed E-state index contributed by atoms with van der Waals surface area (Å²) in [5.74, 6) is 0.0650. The monoisotopic (exact) mass is 292 g/mol. The molecule has 2 heterocycles. The molecule has 1 saturated heterocycles. The van der Waals surface area contributed by atoms with Crippen molar-refractivity contribution in [1.29, 1.82) is 0 Å². The van der Waals surface area contributed by atoms with Crippen molar-refractivity contribution >= 4 is 32.4 Å². The fourth-order valence-corrected chi connectivity index (χ4v) is 3.95. The topological polar surface area (TPSA) is 88.8 Å². The van der Waals surface area contributed by atoms with E-state index >= 15 is 0 Å². The van der Waals surface area contributed by atoms with Crippen molar-refractivity contribution in [2.24, 2.45) is 0 Å². The van der Waals surface area contributed by atoms with Gasteiger partial charge in [-0.1, -0.05) is 0 Å². The first-order valence-corrected chi connectivity index (χ1v) is 7.66. The summed E-state index contributed by atoms with van der Waals surface area (Å²) < 4.78 is 34.8. The highest BCUT2D eigenvalue weighted by Gasteiger charge is 2.30. The maximum atomic E-state index is 12.2. The molecule has 0 aromatic carbocycles. The molecule has 0 unspecified atom stereocenters. The fraction of sp³-hybridized carbons (Fsp3) is 0.667. The van der Waals surface area contributed by atoms with Gasteiger partial charge in [0.15, 0.2) is 10.7 Å². The molecule has 2 N–H and O–H groups in total. The molecule has 1 aliphatic rings. The van der Waals surface area contributed by atoms with E-state index in [1.807, 2.05) is 4.90 Å².